The Kier molecular flexibility index (Phi) is 12.2. The molecule has 1 fully saturated rings. The molecule has 1 aromatic rings. The van der Waals surface area contributed by atoms with Crippen LogP contribution in [-0.4, -0.2) is 60.4 Å². The summed E-state index contributed by atoms with van der Waals surface area (Å²) >= 11 is 0. The third-order valence-electron chi connectivity index (χ3n) is 5.24. The molecule has 164 valence electrons. The van der Waals surface area contributed by atoms with Gasteiger partial charge >= 0.3 is 0 Å². The third-order valence-corrected chi connectivity index (χ3v) is 5.24. The van der Waals surface area contributed by atoms with E-state index < -0.39 is 0 Å². The van der Waals surface area contributed by atoms with E-state index in [0.29, 0.717) is 13.0 Å². The standard InChI is InChI=1S/C22H37N5O.HI/c1-5-21(28)27-13-12-20(17-27)25-22(23-6-2)24-15-18-10-9-11-19(14-18)16-26(7-3)8-4;/h9-11,14,20H,5-8,12-13,15-17H2,1-4H3,(H2,23,24,25);1H. The van der Waals surface area contributed by atoms with Crippen molar-refractivity contribution >= 4 is 35.8 Å². The predicted molar refractivity (Wildman–Crippen MR) is 132 cm³/mol. The molecule has 1 atom stereocenters. The molecule has 1 aromatic carbocycles. The zero-order valence-electron chi connectivity index (χ0n) is 18.4. The quantitative estimate of drug-likeness (QED) is 0.301. The van der Waals surface area contributed by atoms with Crippen molar-refractivity contribution in [3.05, 3.63) is 35.4 Å². The molecule has 1 heterocycles. The highest BCUT2D eigenvalue weighted by atomic mass is 127. The van der Waals surface area contributed by atoms with E-state index in [1.165, 1.54) is 11.1 Å². The minimum atomic E-state index is 0. The molecule has 0 aromatic heterocycles. The average molecular weight is 515 g/mol. The molecule has 0 saturated carbocycles. The minimum absolute atomic E-state index is 0. The Morgan fingerprint density at radius 1 is 1.21 bits per heavy atom. The van der Waals surface area contributed by atoms with Crippen molar-refractivity contribution in [2.24, 2.45) is 4.99 Å². The van der Waals surface area contributed by atoms with Crippen molar-refractivity contribution in [1.29, 1.82) is 0 Å². The molecule has 0 aliphatic carbocycles. The van der Waals surface area contributed by atoms with Gasteiger partial charge in [-0.15, -0.1) is 24.0 Å². The molecule has 29 heavy (non-hydrogen) atoms. The number of guanidine groups is 1. The average Bonchev–Trinajstić information content (AvgIpc) is 3.18. The summed E-state index contributed by atoms with van der Waals surface area (Å²) in [6.07, 6.45) is 1.54. The van der Waals surface area contributed by atoms with Crippen LogP contribution < -0.4 is 10.6 Å². The number of hydrogen-bond acceptors (Lipinski definition) is 3. The summed E-state index contributed by atoms with van der Waals surface area (Å²) < 4.78 is 0. The summed E-state index contributed by atoms with van der Waals surface area (Å²) in [7, 11) is 0. The van der Waals surface area contributed by atoms with Gasteiger partial charge in [0.1, 0.15) is 0 Å². The fourth-order valence-electron chi connectivity index (χ4n) is 3.54. The van der Waals surface area contributed by atoms with Gasteiger partial charge in [-0.3, -0.25) is 9.69 Å². The number of aliphatic imine (C=N–C) groups is 1. The van der Waals surface area contributed by atoms with Gasteiger partial charge in [0.05, 0.1) is 6.54 Å². The molecule has 0 radical (unpaired) electrons. The van der Waals surface area contributed by atoms with Crippen molar-refractivity contribution in [2.75, 3.05) is 32.7 Å². The molecule has 2 N–H and O–H groups in total. The molecule has 1 amide bonds. The van der Waals surface area contributed by atoms with E-state index >= 15 is 0 Å². The molecular formula is C22H38IN5O. The smallest absolute Gasteiger partial charge is 0.222 e. The Balaban J connectivity index is 0.00000420. The van der Waals surface area contributed by atoms with Crippen LogP contribution in [0.4, 0.5) is 0 Å². The van der Waals surface area contributed by atoms with Gasteiger partial charge in [0.2, 0.25) is 5.91 Å². The van der Waals surface area contributed by atoms with Gasteiger partial charge in [-0.25, -0.2) is 4.99 Å². The first-order valence-electron chi connectivity index (χ1n) is 10.7. The van der Waals surface area contributed by atoms with E-state index in [4.69, 9.17) is 4.99 Å². The fraction of sp³-hybridized carbons (Fsp3) is 0.636. The first-order valence-corrected chi connectivity index (χ1v) is 10.7. The number of carbonyl (C=O) groups is 1. The second kappa shape index (κ2) is 13.8. The van der Waals surface area contributed by atoms with E-state index in [1.54, 1.807) is 0 Å². The number of nitrogens with zero attached hydrogens (tertiary/aromatic N) is 3. The normalized spacial score (nSPS) is 16.7. The van der Waals surface area contributed by atoms with Gasteiger partial charge in [-0.2, -0.15) is 0 Å². The van der Waals surface area contributed by atoms with Crippen molar-refractivity contribution in [3.8, 4) is 0 Å². The summed E-state index contributed by atoms with van der Waals surface area (Å²) in [4.78, 5) is 21.0. The monoisotopic (exact) mass is 515 g/mol. The molecule has 2 rings (SSSR count). The minimum Gasteiger partial charge on any atom is -0.357 e. The van der Waals surface area contributed by atoms with Crippen molar-refractivity contribution in [1.82, 2.24) is 20.4 Å². The van der Waals surface area contributed by atoms with E-state index in [-0.39, 0.29) is 35.9 Å². The van der Waals surface area contributed by atoms with E-state index in [9.17, 15) is 4.79 Å². The topological polar surface area (TPSA) is 60.0 Å². The van der Waals surface area contributed by atoms with Crippen LogP contribution in [0.5, 0.6) is 0 Å². The molecule has 0 spiro atoms. The van der Waals surface area contributed by atoms with Crippen LogP contribution in [0.3, 0.4) is 0 Å². The molecular weight excluding hydrogens is 477 g/mol. The lowest BCUT2D eigenvalue weighted by Gasteiger charge is -2.19. The number of nitrogens with one attached hydrogen (secondary N) is 2. The van der Waals surface area contributed by atoms with Crippen LogP contribution in [0.1, 0.15) is 51.7 Å². The molecule has 1 aliphatic heterocycles. The number of halogens is 1. The zero-order valence-corrected chi connectivity index (χ0v) is 20.7. The van der Waals surface area contributed by atoms with Crippen LogP contribution in [-0.2, 0) is 17.9 Å². The number of carbonyl (C=O) groups excluding carboxylic acids is 1. The highest BCUT2D eigenvalue weighted by Gasteiger charge is 2.25. The maximum Gasteiger partial charge on any atom is 0.222 e. The van der Waals surface area contributed by atoms with Crippen molar-refractivity contribution < 1.29 is 4.79 Å². The van der Waals surface area contributed by atoms with Crippen LogP contribution in [0.15, 0.2) is 29.3 Å². The number of benzene rings is 1. The Hall–Kier alpha value is -1.35. The lowest BCUT2D eigenvalue weighted by Crippen LogP contribution is -2.45. The molecule has 1 aliphatic rings. The maximum absolute atomic E-state index is 11.9. The van der Waals surface area contributed by atoms with Crippen LogP contribution in [0.25, 0.3) is 0 Å². The molecule has 1 saturated heterocycles. The summed E-state index contributed by atoms with van der Waals surface area (Å²) in [5, 5.41) is 6.83. The highest BCUT2D eigenvalue weighted by Crippen LogP contribution is 2.12. The lowest BCUT2D eigenvalue weighted by molar-refractivity contribution is -0.129. The predicted octanol–water partition coefficient (Wildman–Crippen LogP) is 3.21. The summed E-state index contributed by atoms with van der Waals surface area (Å²) in [6.45, 7) is 14.5. The molecule has 0 bridgehead atoms. The molecule has 6 nitrogen and oxygen atoms in total. The van der Waals surface area contributed by atoms with Crippen molar-refractivity contribution in [2.45, 2.75) is 59.7 Å². The fourth-order valence-corrected chi connectivity index (χ4v) is 3.54. The molecule has 1 unspecified atom stereocenters. The Morgan fingerprint density at radius 3 is 2.59 bits per heavy atom. The Labute approximate surface area is 193 Å². The van der Waals surface area contributed by atoms with E-state index in [1.807, 2.05) is 11.8 Å². The van der Waals surface area contributed by atoms with Crippen LogP contribution >= 0.6 is 24.0 Å². The van der Waals surface area contributed by atoms with Crippen molar-refractivity contribution in [3.63, 3.8) is 0 Å². The van der Waals surface area contributed by atoms with Gasteiger partial charge in [0, 0.05) is 38.6 Å². The second-order valence-corrected chi connectivity index (χ2v) is 7.30. The third kappa shape index (κ3) is 8.50. The summed E-state index contributed by atoms with van der Waals surface area (Å²) in [6, 6.07) is 8.96. The van der Waals surface area contributed by atoms with E-state index in [2.05, 4.69) is 60.6 Å². The number of hydrogen-bond donors (Lipinski definition) is 2. The lowest BCUT2D eigenvalue weighted by atomic mass is 10.1. The van der Waals surface area contributed by atoms with Gasteiger partial charge < -0.3 is 15.5 Å². The van der Waals surface area contributed by atoms with Gasteiger partial charge in [-0.1, -0.05) is 45.0 Å². The molecule has 7 heteroatoms. The second-order valence-electron chi connectivity index (χ2n) is 7.30. The zero-order chi connectivity index (χ0) is 20.4. The van der Waals surface area contributed by atoms with Gasteiger partial charge in [0.25, 0.3) is 0 Å². The number of likely N-dealkylation sites (tertiary alicyclic amines) is 1. The highest BCUT2D eigenvalue weighted by molar-refractivity contribution is 14.0. The van der Waals surface area contributed by atoms with Crippen LogP contribution in [0.2, 0.25) is 0 Å². The van der Waals surface area contributed by atoms with Gasteiger partial charge in [0.15, 0.2) is 5.96 Å². The van der Waals surface area contributed by atoms with Gasteiger partial charge in [-0.05, 0) is 37.6 Å². The maximum atomic E-state index is 11.9. The van der Waals surface area contributed by atoms with E-state index in [0.717, 1.165) is 51.6 Å². The van der Waals surface area contributed by atoms with Crippen LogP contribution in [0, 0.1) is 0 Å². The Bertz CT molecular complexity index is 648. The number of amides is 1. The Morgan fingerprint density at radius 2 is 1.93 bits per heavy atom. The summed E-state index contributed by atoms with van der Waals surface area (Å²) in [5.74, 6) is 1.06. The number of rotatable bonds is 9. The first kappa shape index (κ1) is 25.7. The SMILES string of the molecule is CCNC(=NCc1cccc(CN(CC)CC)c1)NC1CCN(C(=O)CC)C1.I. The largest absolute Gasteiger partial charge is 0.357 e. The summed E-state index contributed by atoms with van der Waals surface area (Å²) in [5.41, 5.74) is 2.55. The first-order chi connectivity index (χ1) is 13.6.